The van der Waals surface area contributed by atoms with Crippen LogP contribution in [0.2, 0.25) is 0 Å². The van der Waals surface area contributed by atoms with Crippen molar-refractivity contribution in [2.24, 2.45) is 0 Å². The highest BCUT2D eigenvalue weighted by Crippen LogP contribution is 2.28. The fourth-order valence-electron chi connectivity index (χ4n) is 3.24. The lowest BCUT2D eigenvalue weighted by Crippen LogP contribution is -2.26. The lowest BCUT2D eigenvalue weighted by atomic mass is 9.94. The Morgan fingerprint density at radius 2 is 1.52 bits per heavy atom. The molecule has 1 aliphatic heterocycles. The van der Waals surface area contributed by atoms with Gasteiger partial charge in [-0.3, -0.25) is 0 Å². The number of likely N-dealkylation sites (N-methyl/N-ethyl adjacent to an activating group) is 1. The van der Waals surface area contributed by atoms with Gasteiger partial charge in [-0.25, -0.2) is 0 Å². The quantitative estimate of drug-likeness (QED) is 0.631. The van der Waals surface area contributed by atoms with Crippen LogP contribution in [0.3, 0.4) is 0 Å². The number of fused-ring (bicyclic) bond motifs is 2. The standard InChI is InChI=1S/C20H19N/c1-21-11-10-19-13-18(8-9-20(19)14-21)17-7-6-15-4-2-3-5-16(15)12-17/h2-9,12-13H,10-11,14H2,1H3. The minimum Gasteiger partial charge on any atom is -0.302 e. The van der Waals surface area contributed by atoms with Crippen molar-refractivity contribution in [1.29, 1.82) is 0 Å². The molecule has 0 saturated carbocycles. The van der Waals surface area contributed by atoms with Crippen LogP contribution in [0.1, 0.15) is 11.1 Å². The van der Waals surface area contributed by atoms with E-state index < -0.39 is 0 Å². The third-order valence-electron chi connectivity index (χ3n) is 4.49. The van der Waals surface area contributed by atoms with Gasteiger partial charge in [0.2, 0.25) is 0 Å². The van der Waals surface area contributed by atoms with Crippen LogP contribution in [-0.4, -0.2) is 18.5 Å². The van der Waals surface area contributed by atoms with E-state index in [1.165, 1.54) is 33.0 Å². The Morgan fingerprint density at radius 1 is 0.762 bits per heavy atom. The van der Waals surface area contributed by atoms with Gasteiger partial charge in [-0.05, 0) is 52.6 Å². The molecule has 0 N–H and O–H groups in total. The fraction of sp³-hybridized carbons (Fsp3) is 0.200. The van der Waals surface area contributed by atoms with E-state index in [2.05, 4.69) is 72.6 Å². The molecule has 21 heavy (non-hydrogen) atoms. The summed E-state index contributed by atoms with van der Waals surface area (Å²) in [6, 6.07) is 22.3. The topological polar surface area (TPSA) is 3.24 Å². The lowest BCUT2D eigenvalue weighted by Gasteiger charge is -2.25. The fourth-order valence-corrected chi connectivity index (χ4v) is 3.24. The zero-order valence-corrected chi connectivity index (χ0v) is 12.3. The van der Waals surface area contributed by atoms with E-state index in [0.717, 1.165) is 19.5 Å². The van der Waals surface area contributed by atoms with Crippen LogP contribution >= 0.6 is 0 Å². The van der Waals surface area contributed by atoms with Crippen LogP contribution in [0.15, 0.2) is 60.7 Å². The number of nitrogens with zero attached hydrogens (tertiary/aromatic N) is 1. The summed E-state index contributed by atoms with van der Waals surface area (Å²) in [5.41, 5.74) is 5.64. The molecule has 4 rings (SSSR count). The smallest absolute Gasteiger partial charge is 0.0233 e. The van der Waals surface area contributed by atoms with Gasteiger partial charge in [0.1, 0.15) is 0 Å². The maximum absolute atomic E-state index is 2.39. The highest BCUT2D eigenvalue weighted by molar-refractivity contribution is 5.87. The molecular weight excluding hydrogens is 254 g/mol. The van der Waals surface area contributed by atoms with Gasteiger partial charge in [0, 0.05) is 13.1 Å². The highest BCUT2D eigenvalue weighted by atomic mass is 15.1. The number of hydrogen-bond donors (Lipinski definition) is 0. The number of hydrogen-bond acceptors (Lipinski definition) is 1. The van der Waals surface area contributed by atoms with Crippen LogP contribution in [0.25, 0.3) is 21.9 Å². The van der Waals surface area contributed by atoms with E-state index in [9.17, 15) is 0 Å². The average Bonchev–Trinajstić information content (AvgIpc) is 2.54. The Kier molecular flexibility index (Phi) is 3.01. The summed E-state index contributed by atoms with van der Waals surface area (Å²) >= 11 is 0. The van der Waals surface area contributed by atoms with Crippen molar-refractivity contribution in [3.63, 3.8) is 0 Å². The minimum absolute atomic E-state index is 1.08. The normalized spacial score (nSPS) is 15.1. The van der Waals surface area contributed by atoms with Crippen molar-refractivity contribution in [3.05, 3.63) is 71.8 Å². The molecule has 1 heteroatoms. The molecule has 3 aromatic carbocycles. The molecular formula is C20H19N. The number of benzene rings is 3. The van der Waals surface area contributed by atoms with Crippen molar-refractivity contribution in [2.45, 2.75) is 13.0 Å². The monoisotopic (exact) mass is 273 g/mol. The van der Waals surface area contributed by atoms with Crippen LogP contribution in [0, 0.1) is 0 Å². The van der Waals surface area contributed by atoms with Gasteiger partial charge in [0.15, 0.2) is 0 Å². The average molecular weight is 273 g/mol. The molecule has 0 atom stereocenters. The molecule has 1 nitrogen and oxygen atoms in total. The van der Waals surface area contributed by atoms with Gasteiger partial charge in [-0.1, -0.05) is 54.6 Å². The van der Waals surface area contributed by atoms with E-state index in [0.29, 0.717) is 0 Å². The van der Waals surface area contributed by atoms with Gasteiger partial charge < -0.3 is 4.90 Å². The maximum Gasteiger partial charge on any atom is 0.0233 e. The molecule has 1 heterocycles. The van der Waals surface area contributed by atoms with Crippen LogP contribution in [0.5, 0.6) is 0 Å². The summed E-state index contributed by atoms with van der Waals surface area (Å²) < 4.78 is 0. The summed E-state index contributed by atoms with van der Waals surface area (Å²) in [4.78, 5) is 2.39. The molecule has 0 radical (unpaired) electrons. The van der Waals surface area contributed by atoms with E-state index in [1.807, 2.05) is 0 Å². The SMILES string of the molecule is CN1CCc2cc(-c3ccc4ccccc4c3)ccc2C1. The third kappa shape index (κ3) is 2.34. The predicted molar refractivity (Wildman–Crippen MR) is 89.4 cm³/mol. The van der Waals surface area contributed by atoms with Crippen LogP contribution in [0.4, 0.5) is 0 Å². The second-order valence-electron chi connectivity index (χ2n) is 6.03. The molecule has 0 aliphatic carbocycles. The molecule has 104 valence electrons. The molecule has 0 spiro atoms. The molecule has 0 amide bonds. The Labute approximate surface area is 125 Å². The lowest BCUT2D eigenvalue weighted by molar-refractivity contribution is 0.313. The van der Waals surface area contributed by atoms with Gasteiger partial charge in [0.05, 0.1) is 0 Å². The second kappa shape index (κ2) is 5.01. The Morgan fingerprint density at radius 3 is 2.43 bits per heavy atom. The summed E-state index contributed by atoms with van der Waals surface area (Å²) in [7, 11) is 2.19. The zero-order valence-electron chi connectivity index (χ0n) is 12.3. The van der Waals surface area contributed by atoms with Gasteiger partial charge in [-0.15, -0.1) is 0 Å². The summed E-state index contributed by atoms with van der Waals surface area (Å²) in [5.74, 6) is 0. The summed E-state index contributed by atoms with van der Waals surface area (Å²) in [6.07, 6.45) is 1.16. The van der Waals surface area contributed by atoms with Crippen molar-refractivity contribution >= 4 is 10.8 Å². The zero-order chi connectivity index (χ0) is 14.2. The van der Waals surface area contributed by atoms with Crippen LogP contribution in [-0.2, 0) is 13.0 Å². The molecule has 0 saturated heterocycles. The summed E-state index contributed by atoms with van der Waals surface area (Å²) in [6.45, 7) is 2.24. The Balaban J connectivity index is 1.78. The van der Waals surface area contributed by atoms with E-state index in [1.54, 1.807) is 0 Å². The van der Waals surface area contributed by atoms with E-state index in [-0.39, 0.29) is 0 Å². The van der Waals surface area contributed by atoms with E-state index >= 15 is 0 Å². The highest BCUT2D eigenvalue weighted by Gasteiger charge is 2.13. The van der Waals surface area contributed by atoms with E-state index in [4.69, 9.17) is 0 Å². The molecule has 0 aromatic heterocycles. The van der Waals surface area contributed by atoms with Crippen molar-refractivity contribution in [3.8, 4) is 11.1 Å². The third-order valence-corrected chi connectivity index (χ3v) is 4.49. The minimum atomic E-state index is 1.08. The van der Waals surface area contributed by atoms with Gasteiger partial charge in [-0.2, -0.15) is 0 Å². The largest absolute Gasteiger partial charge is 0.302 e. The Hall–Kier alpha value is -2.12. The molecule has 0 unspecified atom stereocenters. The summed E-state index contributed by atoms with van der Waals surface area (Å²) in [5, 5.41) is 2.62. The first-order valence-electron chi connectivity index (χ1n) is 7.59. The van der Waals surface area contributed by atoms with Gasteiger partial charge >= 0.3 is 0 Å². The number of rotatable bonds is 1. The molecule has 0 fully saturated rings. The molecule has 0 bridgehead atoms. The predicted octanol–water partition coefficient (Wildman–Crippen LogP) is 4.49. The van der Waals surface area contributed by atoms with Crippen LogP contribution < -0.4 is 0 Å². The second-order valence-corrected chi connectivity index (χ2v) is 6.03. The van der Waals surface area contributed by atoms with Crippen molar-refractivity contribution in [1.82, 2.24) is 4.90 Å². The Bertz CT molecular complexity index is 804. The van der Waals surface area contributed by atoms with Crippen molar-refractivity contribution < 1.29 is 0 Å². The van der Waals surface area contributed by atoms with Crippen molar-refractivity contribution in [2.75, 3.05) is 13.6 Å². The first-order valence-corrected chi connectivity index (χ1v) is 7.59. The maximum atomic E-state index is 2.39. The molecule has 3 aromatic rings. The first-order chi connectivity index (χ1) is 10.3. The first kappa shape index (κ1) is 12.6. The molecule has 1 aliphatic rings. The van der Waals surface area contributed by atoms with Gasteiger partial charge in [0.25, 0.3) is 0 Å².